The maximum atomic E-state index is 11.9. The fraction of sp³-hybridized carbons (Fsp3) is 0.312. The van der Waals surface area contributed by atoms with Gasteiger partial charge in [0.05, 0.1) is 6.54 Å². The first-order valence-corrected chi connectivity index (χ1v) is 7.32. The van der Waals surface area contributed by atoms with Crippen molar-refractivity contribution >= 4 is 28.5 Å². The van der Waals surface area contributed by atoms with Crippen molar-refractivity contribution in [1.82, 2.24) is 9.88 Å². The third kappa shape index (κ3) is 2.59. The van der Waals surface area contributed by atoms with Crippen LogP contribution in [0.5, 0.6) is 0 Å². The molecule has 3 N–H and O–H groups in total. The summed E-state index contributed by atoms with van der Waals surface area (Å²) in [4.78, 5) is 30.6. The zero-order valence-electron chi connectivity index (χ0n) is 12.8. The number of amides is 1. The standard InChI is InChI=1S/C16H18N4O3/c1-11(21)16(17)10-19(6-7-20(16)15(22)23)14-8-12-4-2-3-5-13(12)9-18-14/h2-5,8-9H,6-7,10,17H2,1H3,(H,22,23). The van der Waals surface area contributed by atoms with Gasteiger partial charge in [0.2, 0.25) is 0 Å². The van der Waals surface area contributed by atoms with Gasteiger partial charge in [0.15, 0.2) is 11.4 Å². The molecular weight excluding hydrogens is 296 g/mol. The van der Waals surface area contributed by atoms with E-state index in [2.05, 4.69) is 4.98 Å². The minimum Gasteiger partial charge on any atom is -0.465 e. The summed E-state index contributed by atoms with van der Waals surface area (Å²) in [6.07, 6.45) is 0.578. The number of fused-ring (bicyclic) bond motifs is 1. The van der Waals surface area contributed by atoms with Crippen molar-refractivity contribution in [2.45, 2.75) is 12.6 Å². The smallest absolute Gasteiger partial charge is 0.409 e. The van der Waals surface area contributed by atoms with Crippen molar-refractivity contribution in [2.24, 2.45) is 5.73 Å². The number of pyridine rings is 1. The number of nitrogens with two attached hydrogens (primary N) is 1. The number of aromatic nitrogens is 1. The van der Waals surface area contributed by atoms with Crippen molar-refractivity contribution in [2.75, 3.05) is 24.5 Å². The van der Waals surface area contributed by atoms with Gasteiger partial charge in [0.25, 0.3) is 0 Å². The van der Waals surface area contributed by atoms with E-state index in [4.69, 9.17) is 5.73 Å². The summed E-state index contributed by atoms with van der Waals surface area (Å²) in [7, 11) is 0. The molecule has 2 heterocycles. The molecule has 7 nitrogen and oxygen atoms in total. The fourth-order valence-electron chi connectivity index (χ4n) is 2.88. The first kappa shape index (κ1) is 15.2. The van der Waals surface area contributed by atoms with Crippen LogP contribution in [0.25, 0.3) is 10.8 Å². The van der Waals surface area contributed by atoms with E-state index in [-0.39, 0.29) is 18.9 Å². The van der Waals surface area contributed by atoms with Gasteiger partial charge in [-0.1, -0.05) is 24.3 Å². The molecule has 0 bridgehead atoms. The number of carboxylic acid groups (broad SMARTS) is 1. The van der Waals surface area contributed by atoms with Crippen LogP contribution in [0.3, 0.4) is 0 Å². The Kier molecular flexibility index (Phi) is 3.65. The van der Waals surface area contributed by atoms with Crippen LogP contribution >= 0.6 is 0 Å². The third-order valence-corrected chi connectivity index (χ3v) is 4.29. The quantitative estimate of drug-likeness (QED) is 0.866. The van der Waals surface area contributed by atoms with E-state index in [1.807, 2.05) is 35.2 Å². The molecule has 0 radical (unpaired) electrons. The van der Waals surface area contributed by atoms with Gasteiger partial charge in [-0.2, -0.15) is 0 Å². The Bertz CT molecular complexity index is 779. The minimum absolute atomic E-state index is 0.0833. The summed E-state index contributed by atoms with van der Waals surface area (Å²) in [5.74, 6) is 0.301. The Morgan fingerprint density at radius 2 is 1.96 bits per heavy atom. The van der Waals surface area contributed by atoms with Gasteiger partial charge in [0, 0.05) is 24.7 Å². The lowest BCUT2D eigenvalue weighted by molar-refractivity contribution is -0.128. The van der Waals surface area contributed by atoms with E-state index in [1.54, 1.807) is 6.20 Å². The highest BCUT2D eigenvalue weighted by molar-refractivity contribution is 5.90. The number of carbonyl (C=O) groups is 2. The number of piperazine rings is 1. The first-order chi connectivity index (χ1) is 10.9. The molecular formula is C16H18N4O3. The topological polar surface area (TPSA) is 99.8 Å². The monoisotopic (exact) mass is 314 g/mol. The zero-order valence-corrected chi connectivity index (χ0v) is 12.8. The number of carbonyl (C=O) groups excluding carboxylic acids is 1. The van der Waals surface area contributed by atoms with Crippen LogP contribution in [0.1, 0.15) is 6.92 Å². The third-order valence-electron chi connectivity index (χ3n) is 4.29. The lowest BCUT2D eigenvalue weighted by Gasteiger charge is -2.45. The lowest BCUT2D eigenvalue weighted by atomic mass is 10.0. The van der Waals surface area contributed by atoms with Gasteiger partial charge in [0.1, 0.15) is 5.82 Å². The molecule has 1 aromatic carbocycles. The molecule has 23 heavy (non-hydrogen) atoms. The van der Waals surface area contributed by atoms with Crippen molar-refractivity contribution in [3.8, 4) is 0 Å². The Hall–Kier alpha value is -2.67. The number of Topliss-reactive ketones (excluding diaryl/α,β-unsaturated/α-hetero) is 1. The van der Waals surface area contributed by atoms with E-state index in [0.717, 1.165) is 15.7 Å². The Morgan fingerprint density at radius 1 is 1.26 bits per heavy atom. The van der Waals surface area contributed by atoms with E-state index in [9.17, 15) is 14.7 Å². The number of ketones is 1. The maximum absolute atomic E-state index is 11.9. The normalized spacial score (nSPS) is 21.5. The summed E-state index contributed by atoms with van der Waals surface area (Å²) in [6.45, 7) is 1.98. The van der Waals surface area contributed by atoms with Gasteiger partial charge in [-0.15, -0.1) is 0 Å². The second-order valence-corrected chi connectivity index (χ2v) is 5.73. The Morgan fingerprint density at radius 3 is 2.61 bits per heavy atom. The molecule has 120 valence electrons. The summed E-state index contributed by atoms with van der Waals surface area (Å²) in [6, 6.07) is 9.76. The molecule has 3 rings (SSSR count). The van der Waals surface area contributed by atoms with Crippen LogP contribution in [0.2, 0.25) is 0 Å². The van der Waals surface area contributed by atoms with E-state index < -0.39 is 11.8 Å². The minimum atomic E-state index is -1.56. The lowest BCUT2D eigenvalue weighted by Crippen LogP contribution is -2.72. The van der Waals surface area contributed by atoms with Gasteiger partial charge in [-0.3, -0.25) is 9.69 Å². The van der Waals surface area contributed by atoms with Crippen molar-refractivity contribution in [3.05, 3.63) is 36.5 Å². The van der Waals surface area contributed by atoms with Gasteiger partial charge < -0.3 is 15.7 Å². The molecule has 1 aliphatic rings. The average Bonchev–Trinajstić information content (AvgIpc) is 2.53. The molecule has 1 atom stereocenters. The Labute approximate surface area is 133 Å². The van der Waals surface area contributed by atoms with Crippen molar-refractivity contribution in [1.29, 1.82) is 0 Å². The van der Waals surface area contributed by atoms with Crippen LogP contribution in [0, 0.1) is 0 Å². The van der Waals surface area contributed by atoms with E-state index in [1.165, 1.54) is 6.92 Å². The number of benzene rings is 1. The highest BCUT2D eigenvalue weighted by Gasteiger charge is 2.45. The maximum Gasteiger partial charge on any atom is 0.409 e. The first-order valence-electron chi connectivity index (χ1n) is 7.32. The van der Waals surface area contributed by atoms with E-state index in [0.29, 0.717) is 12.4 Å². The Balaban J connectivity index is 1.94. The molecule has 1 saturated heterocycles. The van der Waals surface area contributed by atoms with Crippen molar-refractivity contribution in [3.63, 3.8) is 0 Å². The molecule has 1 aliphatic heterocycles. The van der Waals surface area contributed by atoms with Crippen molar-refractivity contribution < 1.29 is 14.7 Å². The predicted octanol–water partition coefficient (Wildman–Crippen LogP) is 1.28. The molecule has 7 heteroatoms. The molecule has 2 aromatic rings. The number of hydrogen-bond donors (Lipinski definition) is 2. The van der Waals surface area contributed by atoms with Crippen LogP contribution in [-0.4, -0.2) is 52.2 Å². The summed E-state index contributed by atoms with van der Waals surface area (Å²) in [5.41, 5.74) is 4.56. The average molecular weight is 314 g/mol. The molecule has 1 fully saturated rings. The van der Waals surface area contributed by atoms with Crippen LogP contribution in [0.4, 0.5) is 10.6 Å². The molecule has 1 amide bonds. The predicted molar refractivity (Wildman–Crippen MR) is 86.3 cm³/mol. The van der Waals surface area contributed by atoms with Gasteiger partial charge in [-0.05, 0) is 18.4 Å². The van der Waals surface area contributed by atoms with E-state index >= 15 is 0 Å². The number of rotatable bonds is 2. The molecule has 0 spiro atoms. The SMILES string of the molecule is CC(=O)C1(N)CN(c2cc3ccccc3cn2)CCN1C(=O)O. The highest BCUT2D eigenvalue weighted by Crippen LogP contribution is 2.25. The van der Waals surface area contributed by atoms with Gasteiger partial charge >= 0.3 is 6.09 Å². The number of nitrogens with zero attached hydrogens (tertiary/aromatic N) is 3. The van der Waals surface area contributed by atoms with Crippen LogP contribution < -0.4 is 10.6 Å². The van der Waals surface area contributed by atoms with Crippen LogP contribution in [-0.2, 0) is 4.79 Å². The second kappa shape index (κ2) is 5.51. The largest absolute Gasteiger partial charge is 0.465 e. The number of hydrogen-bond acceptors (Lipinski definition) is 5. The zero-order chi connectivity index (χ0) is 16.6. The summed E-state index contributed by atoms with van der Waals surface area (Å²) in [5, 5.41) is 11.3. The summed E-state index contributed by atoms with van der Waals surface area (Å²) < 4.78 is 0. The number of anilines is 1. The molecule has 0 aliphatic carbocycles. The van der Waals surface area contributed by atoms with Gasteiger partial charge in [-0.25, -0.2) is 9.78 Å². The highest BCUT2D eigenvalue weighted by atomic mass is 16.4. The molecule has 1 unspecified atom stereocenters. The summed E-state index contributed by atoms with van der Waals surface area (Å²) >= 11 is 0. The molecule has 0 saturated carbocycles. The fourth-order valence-corrected chi connectivity index (χ4v) is 2.88. The molecule has 1 aromatic heterocycles. The second-order valence-electron chi connectivity index (χ2n) is 5.73. The van der Waals surface area contributed by atoms with Crippen LogP contribution in [0.15, 0.2) is 36.5 Å².